The highest BCUT2D eigenvalue weighted by molar-refractivity contribution is 6.18. The molecule has 0 unspecified atom stereocenters. The third kappa shape index (κ3) is 5.14. The first-order chi connectivity index (χ1) is 31.5. The highest BCUT2D eigenvalue weighted by atomic mass is 16.3. The number of nitrogens with zero attached hydrogens (tertiary/aromatic N) is 1. The molecule has 0 amide bonds. The molecule has 0 radical (unpaired) electrons. The zero-order chi connectivity index (χ0) is 42.6. The predicted molar refractivity (Wildman–Crippen MR) is 266 cm³/mol. The number of fused-ring (bicyclic) bond motifs is 10. The van der Waals surface area contributed by atoms with Gasteiger partial charge in [0, 0.05) is 38.8 Å². The molecule has 0 bridgehead atoms. The van der Waals surface area contributed by atoms with Crippen LogP contribution in [-0.2, 0) is 10.8 Å². The smallest absolute Gasteiger partial charge is 0.136 e. The van der Waals surface area contributed by atoms with Crippen LogP contribution < -0.4 is 4.90 Å². The van der Waals surface area contributed by atoms with E-state index in [1.165, 1.54) is 77.5 Å². The van der Waals surface area contributed by atoms with Crippen molar-refractivity contribution >= 4 is 49.8 Å². The van der Waals surface area contributed by atoms with Gasteiger partial charge in [-0.05, 0) is 121 Å². The summed E-state index contributed by atoms with van der Waals surface area (Å²) >= 11 is 0. The van der Waals surface area contributed by atoms with Crippen molar-refractivity contribution in [1.29, 1.82) is 0 Å². The lowest BCUT2D eigenvalue weighted by Crippen LogP contribution is -2.28. The standard InChI is InChI=1S/C62H43NO/c1-61(2)52-35-33-46(37-51(52)59-55(61)39-57-60(50-27-15-17-29-56(50)64-57)58(59)41-19-6-3-7-20-41)63(45-31-30-40-18-12-13-21-42(40)36-45)47-32-34-49-48-26-14-16-28-53(48)62(54(49)38-47,43-22-8-4-9-23-43)44-24-10-5-11-25-44/h3-39H,1-2H3. The maximum Gasteiger partial charge on any atom is 0.136 e. The van der Waals surface area contributed by atoms with Crippen molar-refractivity contribution in [3.8, 4) is 33.4 Å². The van der Waals surface area contributed by atoms with Gasteiger partial charge in [0.1, 0.15) is 11.2 Å². The third-order valence-electron chi connectivity index (χ3n) is 14.3. The molecule has 0 aliphatic heterocycles. The van der Waals surface area contributed by atoms with Crippen LogP contribution in [-0.4, -0.2) is 0 Å². The van der Waals surface area contributed by atoms with E-state index in [0.29, 0.717) is 0 Å². The summed E-state index contributed by atoms with van der Waals surface area (Å²) in [6.07, 6.45) is 0. The highest BCUT2D eigenvalue weighted by Crippen LogP contribution is 2.59. The van der Waals surface area contributed by atoms with Gasteiger partial charge in [-0.15, -0.1) is 0 Å². The van der Waals surface area contributed by atoms with Gasteiger partial charge >= 0.3 is 0 Å². The second-order valence-electron chi connectivity index (χ2n) is 18.0. The Morgan fingerprint density at radius 2 is 0.969 bits per heavy atom. The Hall–Kier alpha value is -7.94. The molecule has 2 aliphatic rings. The van der Waals surface area contributed by atoms with E-state index < -0.39 is 5.41 Å². The van der Waals surface area contributed by atoms with Gasteiger partial charge in [-0.25, -0.2) is 0 Å². The van der Waals surface area contributed by atoms with Crippen LogP contribution in [0.25, 0.3) is 66.1 Å². The van der Waals surface area contributed by atoms with Crippen LogP contribution >= 0.6 is 0 Å². The van der Waals surface area contributed by atoms with Crippen molar-refractivity contribution in [2.24, 2.45) is 0 Å². The summed E-state index contributed by atoms with van der Waals surface area (Å²) in [5.41, 5.74) is 19.6. The lowest BCUT2D eigenvalue weighted by Gasteiger charge is -2.35. The molecule has 0 atom stereocenters. The molecule has 302 valence electrons. The molecule has 10 aromatic carbocycles. The minimum Gasteiger partial charge on any atom is -0.456 e. The van der Waals surface area contributed by atoms with Crippen LogP contribution in [0, 0.1) is 0 Å². The minimum absolute atomic E-state index is 0.266. The summed E-state index contributed by atoms with van der Waals surface area (Å²) < 4.78 is 6.68. The van der Waals surface area contributed by atoms with Crippen molar-refractivity contribution in [3.63, 3.8) is 0 Å². The average Bonchev–Trinajstić information content (AvgIpc) is 3.95. The fourth-order valence-electron chi connectivity index (χ4n) is 11.5. The van der Waals surface area contributed by atoms with Crippen molar-refractivity contribution in [2.45, 2.75) is 24.7 Å². The molecule has 2 heteroatoms. The fraction of sp³-hybridized carbons (Fsp3) is 0.0645. The number of furan rings is 1. The third-order valence-corrected chi connectivity index (χ3v) is 14.3. The van der Waals surface area contributed by atoms with Crippen LogP contribution in [0.3, 0.4) is 0 Å². The van der Waals surface area contributed by atoms with E-state index in [9.17, 15) is 0 Å². The molecule has 11 aromatic rings. The summed E-state index contributed by atoms with van der Waals surface area (Å²) in [4.78, 5) is 2.48. The molecule has 13 rings (SSSR count). The predicted octanol–water partition coefficient (Wildman–Crippen LogP) is 16.5. The van der Waals surface area contributed by atoms with Gasteiger partial charge in [-0.2, -0.15) is 0 Å². The number of hydrogen-bond acceptors (Lipinski definition) is 2. The van der Waals surface area contributed by atoms with E-state index in [1.807, 2.05) is 0 Å². The molecule has 0 spiro atoms. The second-order valence-corrected chi connectivity index (χ2v) is 18.0. The zero-order valence-electron chi connectivity index (χ0n) is 35.7. The Balaban J connectivity index is 1.09. The van der Waals surface area contributed by atoms with Gasteiger partial charge in [-0.3, -0.25) is 0 Å². The molecule has 64 heavy (non-hydrogen) atoms. The van der Waals surface area contributed by atoms with Gasteiger partial charge < -0.3 is 9.32 Å². The molecular weight excluding hydrogens is 775 g/mol. The largest absolute Gasteiger partial charge is 0.456 e. The van der Waals surface area contributed by atoms with E-state index in [0.717, 1.165) is 39.0 Å². The maximum absolute atomic E-state index is 6.68. The van der Waals surface area contributed by atoms with Gasteiger partial charge in [0.2, 0.25) is 0 Å². The summed E-state index contributed by atoms with van der Waals surface area (Å²) in [7, 11) is 0. The highest BCUT2D eigenvalue weighted by Gasteiger charge is 2.46. The number of anilines is 3. The SMILES string of the molecule is CC1(C)c2ccc(N(c3ccc4c(c3)C(c3ccccc3)(c3ccccc3)c3ccccc3-4)c3ccc4ccccc4c3)cc2-c2c1cc1oc3ccccc3c1c2-c1ccccc1. The Morgan fingerprint density at radius 1 is 0.375 bits per heavy atom. The average molecular weight is 818 g/mol. The summed E-state index contributed by atoms with van der Waals surface area (Å²) in [5, 5.41) is 4.72. The van der Waals surface area contributed by atoms with Gasteiger partial charge in [-0.1, -0.05) is 190 Å². The number of benzene rings is 10. The van der Waals surface area contributed by atoms with Gasteiger partial charge in [0.25, 0.3) is 0 Å². The van der Waals surface area contributed by atoms with E-state index >= 15 is 0 Å². The van der Waals surface area contributed by atoms with Crippen LogP contribution in [0.2, 0.25) is 0 Å². The maximum atomic E-state index is 6.68. The zero-order valence-corrected chi connectivity index (χ0v) is 35.7. The van der Waals surface area contributed by atoms with Crippen molar-refractivity contribution in [3.05, 3.63) is 258 Å². The van der Waals surface area contributed by atoms with Gasteiger partial charge in [0.15, 0.2) is 0 Å². The normalized spacial score (nSPS) is 14.0. The molecule has 0 saturated heterocycles. The van der Waals surface area contributed by atoms with Crippen LogP contribution in [0.5, 0.6) is 0 Å². The quantitative estimate of drug-likeness (QED) is 0.166. The minimum atomic E-state index is -0.524. The van der Waals surface area contributed by atoms with E-state index in [4.69, 9.17) is 4.42 Å². The Labute approximate surface area is 373 Å². The first-order valence-electron chi connectivity index (χ1n) is 22.3. The Bertz CT molecular complexity index is 3600. The number of para-hydroxylation sites is 1. The molecular formula is C62H43NO. The fourth-order valence-corrected chi connectivity index (χ4v) is 11.5. The summed E-state index contributed by atoms with van der Waals surface area (Å²) in [6.45, 7) is 4.74. The first kappa shape index (κ1) is 36.7. The monoisotopic (exact) mass is 817 g/mol. The van der Waals surface area contributed by atoms with Crippen LogP contribution in [0.1, 0.15) is 47.2 Å². The Kier molecular flexibility index (Phi) is 7.90. The van der Waals surface area contributed by atoms with E-state index in [2.05, 4.69) is 243 Å². The summed E-state index contributed by atoms with van der Waals surface area (Å²) in [6, 6.07) is 82.8. The van der Waals surface area contributed by atoms with E-state index in [-0.39, 0.29) is 5.41 Å². The molecule has 0 N–H and O–H groups in total. The summed E-state index contributed by atoms with van der Waals surface area (Å²) in [5.74, 6) is 0. The van der Waals surface area contributed by atoms with E-state index in [1.54, 1.807) is 0 Å². The van der Waals surface area contributed by atoms with Crippen molar-refractivity contribution in [2.75, 3.05) is 4.90 Å². The number of hydrogen-bond donors (Lipinski definition) is 0. The van der Waals surface area contributed by atoms with Crippen LogP contribution in [0.15, 0.2) is 229 Å². The van der Waals surface area contributed by atoms with Gasteiger partial charge in [0.05, 0.1) is 5.41 Å². The van der Waals surface area contributed by atoms with Crippen molar-refractivity contribution < 1.29 is 4.42 Å². The lowest BCUT2D eigenvalue weighted by atomic mass is 9.67. The number of rotatable bonds is 6. The molecule has 1 heterocycles. The second kappa shape index (κ2) is 13.8. The molecule has 2 nitrogen and oxygen atoms in total. The van der Waals surface area contributed by atoms with Crippen molar-refractivity contribution in [1.82, 2.24) is 0 Å². The Morgan fingerprint density at radius 3 is 1.75 bits per heavy atom. The molecule has 1 aromatic heterocycles. The lowest BCUT2D eigenvalue weighted by molar-refractivity contribution is 0.647. The molecule has 0 saturated carbocycles. The molecule has 2 aliphatic carbocycles. The topological polar surface area (TPSA) is 16.4 Å². The molecule has 0 fully saturated rings. The van der Waals surface area contributed by atoms with Crippen LogP contribution in [0.4, 0.5) is 17.1 Å². The first-order valence-corrected chi connectivity index (χ1v) is 22.3.